The van der Waals surface area contributed by atoms with Gasteiger partial charge < -0.3 is 16.4 Å². The molecule has 7 nitrogen and oxygen atoms in total. The van der Waals surface area contributed by atoms with Gasteiger partial charge in [-0.05, 0) is 24.8 Å². The summed E-state index contributed by atoms with van der Waals surface area (Å²) in [5.74, 6) is 1.33. The third-order valence-corrected chi connectivity index (χ3v) is 4.05. The van der Waals surface area contributed by atoms with Crippen LogP contribution in [0.15, 0.2) is 12.1 Å². The first kappa shape index (κ1) is 14.5. The molecule has 0 aliphatic carbocycles. The zero-order valence-corrected chi connectivity index (χ0v) is 11.7. The standard InChI is InChI=1S/C13H21N5O2/c1-2-9-5-6-17(10(7-9)8-14)12-4-3-11(18(19)20)13(15)16-12/h3-4,9-10H,2,5-8,14H2,1H3,(H2,15,16). The summed E-state index contributed by atoms with van der Waals surface area (Å²) in [6.07, 6.45) is 3.28. The zero-order chi connectivity index (χ0) is 14.7. The Kier molecular flexibility index (Phi) is 4.39. The van der Waals surface area contributed by atoms with E-state index in [2.05, 4.69) is 16.8 Å². The van der Waals surface area contributed by atoms with Crippen LogP contribution in [0.1, 0.15) is 26.2 Å². The highest BCUT2D eigenvalue weighted by Gasteiger charge is 2.28. The van der Waals surface area contributed by atoms with Gasteiger partial charge in [0, 0.05) is 25.2 Å². The second kappa shape index (κ2) is 6.04. The highest BCUT2D eigenvalue weighted by Crippen LogP contribution is 2.30. The Morgan fingerprint density at radius 1 is 1.55 bits per heavy atom. The van der Waals surface area contributed by atoms with Crippen LogP contribution in [0.25, 0.3) is 0 Å². The van der Waals surface area contributed by atoms with Crippen molar-refractivity contribution in [3.05, 3.63) is 22.2 Å². The quantitative estimate of drug-likeness (QED) is 0.638. The van der Waals surface area contributed by atoms with Gasteiger partial charge in [0.15, 0.2) is 0 Å². The summed E-state index contributed by atoms with van der Waals surface area (Å²) >= 11 is 0. The molecule has 4 N–H and O–H groups in total. The van der Waals surface area contributed by atoms with E-state index in [1.165, 1.54) is 6.07 Å². The maximum atomic E-state index is 10.8. The molecule has 2 atom stereocenters. The Hall–Kier alpha value is -1.89. The lowest BCUT2D eigenvalue weighted by atomic mass is 9.89. The Bertz CT molecular complexity index is 494. The van der Waals surface area contributed by atoms with Gasteiger partial charge in [0.1, 0.15) is 5.82 Å². The van der Waals surface area contributed by atoms with Crippen LogP contribution in [-0.2, 0) is 0 Å². The smallest absolute Gasteiger partial charge is 0.311 e. The highest BCUT2D eigenvalue weighted by molar-refractivity contribution is 5.58. The molecule has 0 amide bonds. The lowest BCUT2D eigenvalue weighted by molar-refractivity contribution is -0.384. The number of nitrogens with two attached hydrogens (primary N) is 2. The molecule has 2 heterocycles. The van der Waals surface area contributed by atoms with Crippen molar-refractivity contribution in [2.75, 3.05) is 23.7 Å². The topological polar surface area (TPSA) is 111 Å². The van der Waals surface area contributed by atoms with E-state index in [-0.39, 0.29) is 17.5 Å². The van der Waals surface area contributed by atoms with Crippen molar-refractivity contribution in [1.29, 1.82) is 0 Å². The molecule has 0 radical (unpaired) electrons. The molecule has 1 aromatic heterocycles. The minimum atomic E-state index is -0.518. The molecule has 0 bridgehead atoms. The zero-order valence-electron chi connectivity index (χ0n) is 11.7. The fraction of sp³-hybridized carbons (Fsp3) is 0.615. The number of pyridine rings is 1. The molecule has 0 aromatic carbocycles. The molecule has 7 heteroatoms. The molecular formula is C13H21N5O2. The van der Waals surface area contributed by atoms with Crippen LogP contribution in [-0.4, -0.2) is 29.0 Å². The van der Waals surface area contributed by atoms with Gasteiger partial charge >= 0.3 is 5.69 Å². The van der Waals surface area contributed by atoms with Crippen LogP contribution < -0.4 is 16.4 Å². The van der Waals surface area contributed by atoms with Crippen molar-refractivity contribution in [2.45, 2.75) is 32.2 Å². The molecule has 1 aliphatic rings. The van der Waals surface area contributed by atoms with E-state index < -0.39 is 4.92 Å². The van der Waals surface area contributed by atoms with Gasteiger partial charge in [-0.15, -0.1) is 0 Å². The molecule has 1 aliphatic heterocycles. The molecule has 2 rings (SSSR count). The van der Waals surface area contributed by atoms with Crippen LogP contribution in [0.2, 0.25) is 0 Å². The second-order valence-electron chi connectivity index (χ2n) is 5.21. The van der Waals surface area contributed by atoms with Crippen molar-refractivity contribution in [3.63, 3.8) is 0 Å². The highest BCUT2D eigenvalue weighted by atomic mass is 16.6. The summed E-state index contributed by atoms with van der Waals surface area (Å²) in [6.45, 7) is 3.61. The molecule has 1 fully saturated rings. The number of nitrogens with zero attached hydrogens (tertiary/aromatic N) is 3. The van der Waals surface area contributed by atoms with E-state index in [4.69, 9.17) is 11.5 Å². The number of hydrogen-bond donors (Lipinski definition) is 2. The summed E-state index contributed by atoms with van der Waals surface area (Å²) in [5, 5.41) is 10.8. The average Bonchev–Trinajstić information content (AvgIpc) is 2.46. The summed E-state index contributed by atoms with van der Waals surface area (Å²) in [5.41, 5.74) is 11.4. The summed E-state index contributed by atoms with van der Waals surface area (Å²) < 4.78 is 0. The Balaban J connectivity index is 2.22. The van der Waals surface area contributed by atoms with E-state index in [9.17, 15) is 10.1 Å². The van der Waals surface area contributed by atoms with Gasteiger partial charge in [0.25, 0.3) is 0 Å². The number of nitrogen functional groups attached to an aromatic ring is 1. The third-order valence-electron chi connectivity index (χ3n) is 4.05. The number of hydrogen-bond acceptors (Lipinski definition) is 6. The van der Waals surface area contributed by atoms with Gasteiger partial charge in [-0.2, -0.15) is 0 Å². The molecule has 1 saturated heterocycles. The van der Waals surface area contributed by atoms with Crippen LogP contribution in [0.4, 0.5) is 17.3 Å². The number of rotatable bonds is 4. The minimum Gasteiger partial charge on any atom is -0.378 e. The van der Waals surface area contributed by atoms with Gasteiger partial charge in [-0.1, -0.05) is 13.3 Å². The molecule has 2 unspecified atom stereocenters. The number of nitro groups is 1. The summed E-state index contributed by atoms with van der Waals surface area (Å²) in [6, 6.07) is 3.29. The van der Waals surface area contributed by atoms with Crippen molar-refractivity contribution >= 4 is 17.3 Å². The van der Waals surface area contributed by atoms with E-state index >= 15 is 0 Å². The lowest BCUT2D eigenvalue weighted by Crippen LogP contribution is -2.47. The molecular weight excluding hydrogens is 258 g/mol. The fourth-order valence-corrected chi connectivity index (χ4v) is 2.80. The maximum absolute atomic E-state index is 10.8. The van der Waals surface area contributed by atoms with Crippen LogP contribution in [0.3, 0.4) is 0 Å². The van der Waals surface area contributed by atoms with Crippen molar-refractivity contribution in [2.24, 2.45) is 11.7 Å². The average molecular weight is 279 g/mol. The molecule has 110 valence electrons. The number of aromatic nitrogens is 1. The van der Waals surface area contributed by atoms with E-state index in [1.54, 1.807) is 6.07 Å². The Morgan fingerprint density at radius 2 is 2.30 bits per heavy atom. The Morgan fingerprint density at radius 3 is 2.85 bits per heavy atom. The van der Waals surface area contributed by atoms with Gasteiger partial charge in [-0.3, -0.25) is 10.1 Å². The molecule has 1 aromatic rings. The first-order valence-corrected chi connectivity index (χ1v) is 6.94. The van der Waals surface area contributed by atoms with E-state index in [0.717, 1.165) is 25.8 Å². The predicted octanol–water partition coefficient (Wildman–Crippen LogP) is 1.53. The van der Waals surface area contributed by atoms with E-state index in [0.29, 0.717) is 18.3 Å². The minimum absolute atomic E-state index is 0.0408. The van der Waals surface area contributed by atoms with Crippen molar-refractivity contribution < 1.29 is 4.92 Å². The second-order valence-corrected chi connectivity index (χ2v) is 5.21. The van der Waals surface area contributed by atoms with Gasteiger partial charge in [-0.25, -0.2) is 4.98 Å². The molecule has 0 saturated carbocycles. The van der Waals surface area contributed by atoms with Crippen LogP contribution in [0.5, 0.6) is 0 Å². The monoisotopic (exact) mass is 279 g/mol. The lowest BCUT2D eigenvalue weighted by Gasteiger charge is -2.39. The van der Waals surface area contributed by atoms with E-state index in [1.807, 2.05) is 0 Å². The van der Waals surface area contributed by atoms with Crippen molar-refractivity contribution in [1.82, 2.24) is 4.98 Å². The Labute approximate surface area is 118 Å². The largest absolute Gasteiger partial charge is 0.378 e. The molecule has 20 heavy (non-hydrogen) atoms. The number of anilines is 2. The predicted molar refractivity (Wildman–Crippen MR) is 78.5 cm³/mol. The number of piperidine rings is 1. The third kappa shape index (κ3) is 2.82. The van der Waals surface area contributed by atoms with Gasteiger partial charge in [0.2, 0.25) is 5.82 Å². The first-order valence-electron chi connectivity index (χ1n) is 6.94. The summed E-state index contributed by atoms with van der Waals surface area (Å²) in [7, 11) is 0. The first-order chi connectivity index (χ1) is 9.56. The van der Waals surface area contributed by atoms with Crippen LogP contribution >= 0.6 is 0 Å². The maximum Gasteiger partial charge on any atom is 0.311 e. The normalized spacial score (nSPS) is 22.8. The molecule has 0 spiro atoms. The summed E-state index contributed by atoms with van der Waals surface area (Å²) in [4.78, 5) is 16.5. The van der Waals surface area contributed by atoms with Crippen molar-refractivity contribution in [3.8, 4) is 0 Å². The van der Waals surface area contributed by atoms with Crippen LogP contribution in [0, 0.1) is 16.0 Å². The van der Waals surface area contributed by atoms with Gasteiger partial charge in [0.05, 0.1) is 4.92 Å². The SMILES string of the molecule is CCC1CCN(c2ccc([N+](=O)[O-])c(N)n2)C(CN)C1. The fourth-order valence-electron chi connectivity index (χ4n) is 2.80.